The van der Waals surface area contributed by atoms with E-state index in [-0.39, 0.29) is 11.9 Å². The van der Waals surface area contributed by atoms with Crippen molar-refractivity contribution in [1.29, 1.82) is 0 Å². The molecule has 1 aliphatic carbocycles. The molecule has 1 fully saturated rings. The second-order valence-electron chi connectivity index (χ2n) is 5.28. The molecule has 3 nitrogen and oxygen atoms in total. The van der Waals surface area contributed by atoms with Gasteiger partial charge in [-0.1, -0.05) is 32.6 Å². The van der Waals surface area contributed by atoms with E-state index in [1.807, 2.05) is 0 Å². The van der Waals surface area contributed by atoms with Crippen molar-refractivity contribution in [3.05, 3.63) is 0 Å². The summed E-state index contributed by atoms with van der Waals surface area (Å²) in [5.41, 5.74) is 0. The first kappa shape index (κ1) is 15.5. The zero-order valence-electron chi connectivity index (χ0n) is 12.0. The van der Waals surface area contributed by atoms with Crippen LogP contribution < -0.4 is 0 Å². The SMILES string of the molecule is CCCCCCCOC1CCC(C(=O)OC)CC1. The molecular weight excluding hydrogens is 228 g/mol. The smallest absolute Gasteiger partial charge is 0.308 e. The third kappa shape index (κ3) is 5.85. The molecule has 106 valence electrons. The van der Waals surface area contributed by atoms with E-state index >= 15 is 0 Å². The molecule has 0 aromatic carbocycles. The Morgan fingerprint density at radius 1 is 1.06 bits per heavy atom. The fourth-order valence-electron chi connectivity index (χ4n) is 2.59. The summed E-state index contributed by atoms with van der Waals surface area (Å²) in [6, 6.07) is 0. The molecule has 0 unspecified atom stereocenters. The third-order valence-corrected chi connectivity index (χ3v) is 3.81. The topological polar surface area (TPSA) is 35.5 Å². The molecule has 0 amide bonds. The van der Waals surface area contributed by atoms with Gasteiger partial charge >= 0.3 is 5.97 Å². The number of carbonyl (C=O) groups is 1. The summed E-state index contributed by atoms with van der Waals surface area (Å²) >= 11 is 0. The predicted molar refractivity (Wildman–Crippen MR) is 72.5 cm³/mol. The Labute approximate surface area is 111 Å². The summed E-state index contributed by atoms with van der Waals surface area (Å²) < 4.78 is 10.7. The lowest BCUT2D eigenvalue weighted by molar-refractivity contribution is -0.147. The van der Waals surface area contributed by atoms with Gasteiger partial charge in [-0.15, -0.1) is 0 Å². The van der Waals surface area contributed by atoms with E-state index in [1.165, 1.54) is 39.2 Å². The largest absolute Gasteiger partial charge is 0.469 e. The van der Waals surface area contributed by atoms with Gasteiger partial charge in [-0.3, -0.25) is 4.79 Å². The summed E-state index contributed by atoms with van der Waals surface area (Å²) in [4.78, 5) is 11.4. The van der Waals surface area contributed by atoms with Gasteiger partial charge in [0, 0.05) is 6.61 Å². The maximum absolute atomic E-state index is 11.4. The van der Waals surface area contributed by atoms with Crippen molar-refractivity contribution in [2.45, 2.75) is 70.8 Å². The third-order valence-electron chi connectivity index (χ3n) is 3.81. The summed E-state index contributed by atoms with van der Waals surface area (Å²) in [5, 5.41) is 0. The molecule has 0 atom stereocenters. The van der Waals surface area contributed by atoms with Gasteiger partial charge < -0.3 is 9.47 Å². The first-order chi connectivity index (χ1) is 8.77. The lowest BCUT2D eigenvalue weighted by Crippen LogP contribution is -2.27. The Bertz CT molecular complexity index is 220. The Hall–Kier alpha value is -0.570. The van der Waals surface area contributed by atoms with Crippen molar-refractivity contribution in [1.82, 2.24) is 0 Å². The summed E-state index contributed by atoms with van der Waals surface area (Å²) in [7, 11) is 1.47. The minimum Gasteiger partial charge on any atom is -0.469 e. The number of esters is 1. The number of hydrogen-bond acceptors (Lipinski definition) is 3. The van der Waals surface area contributed by atoms with E-state index in [9.17, 15) is 4.79 Å². The lowest BCUT2D eigenvalue weighted by atomic mass is 9.87. The molecule has 0 bridgehead atoms. The quantitative estimate of drug-likeness (QED) is 0.490. The minimum atomic E-state index is -0.0481. The number of hydrogen-bond donors (Lipinski definition) is 0. The second-order valence-corrected chi connectivity index (χ2v) is 5.28. The molecule has 0 heterocycles. The van der Waals surface area contributed by atoms with Crippen LogP contribution in [0.2, 0.25) is 0 Å². The van der Waals surface area contributed by atoms with Gasteiger partial charge in [-0.2, -0.15) is 0 Å². The molecule has 0 aromatic rings. The average molecular weight is 256 g/mol. The first-order valence-electron chi connectivity index (χ1n) is 7.47. The fourth-order valence-corrected chi connectivity index (χ4v) is 2.59. The lowest BCUT2D eigenvalue weighted by Gasteiger charge is -2.26. The highest BCUT2D eigenvalue weighted by Gasteiger charge is 2.26. The van der Waals surface area contributed by atoms with Gasteiger partial charge in [-0.25, -0.2) is 0 Å². The van der Waals surface area contributed by atoms with Crippen molar-refractivity contribution >= 4 is 5.97 Å². The number of rotatable bonds is 8. The molecule has 0 aromatic heterocycles. The second kappa shape index (κ2) is 9.37. The molecule has 1 rings (SSSR count). The Kier molecular flexibility index (Phi) is 8.06. The molecule has 0 saturated heterocycles. The van der Waals surface area contributed by atoms with E-state index in [0.717, 1.165) is 32.3 Å². The summed E-state index contributed by atoms with van der Waals surface area (Å²) in [6.07, 6.45) is 10.7. The predicted octanol–water partition coefficient (Wildman–Crippen LogP) is 3.71. The van der Waals surface area contributed by atoms with Crippen LogP contribution in [-0.2, 0) is 14.3 Å². The van der Waals surface area contributed by atoms with Crippen molar-refractivity contribution < 1.29 is 14.3 Å². The number of unbranched alkanes of at least 4 members (excludes halogenated alkanes) is 4. The molecular formula is C15H28O3. The standard InChI is InChI=1S/C15H28O3/c1-3-4-5-6-7-12-18-14-10-8-13(9-11-14)15(16)17-2/h13-14H,3-12H2,1-2H3. The van der Waals surface area contributed by atoms with E-state index in [2.05, 4.69) is 6.92 Å². The molecule has 0 spiro atoms. The molecule has 0 radical (unpaired) electrons. The Balaban J connectivity index is 2.00. The van der Waals surface area contributed by atoms with Gasteiger partial charge in [0.2, 0.25) is 0 Å². The van der Waals surface area contributed by atoms with Crippen LogP contribution in [0.25, 0.3) is 0 Å². The molecule has 18 heavy (non-hydrogen) atoms. The van der Waals surface area contributed by atoms with Gasteiger partial charge in [0.1, 0.15) is 0 Å². The van der Waals surface area contributed by atoms with Crippen LogP contribution in [0.4, 0.5) is 0 Å². The zero-order valence-corrected chi connectivity index (χ0v) is 12.0. The maximum Gasteiger partial charge on any atom is 0.308 e. The number of ether oxygens (including phenoxy) is 2. The van der Waals surface area contributed by atoms with Crippen LogP contribution in [-0.4, -0.2) is 25.8 Å². The van der Waals surface area contributed by atoms with Gasteiger partial charge in [0.05, 0.1) is 19.1 Å². The van der Waals surface area contributed by atoms with Crippen molar-refractivity contribution in [2.75, 3.05) is 13.7 Å². The van der Waals surface area contributed by atoms with Gasteiger partial charge in [-0.05, 0) is 32.1 Å². The van der Waals surface area contributed by atoms with Crippen molar-refractivity contribution in [3.8, 4) is 0 Å². The maximum atomic E-state index is 11.4. The molecule has 0 N–H and O–H groups in total. The highest BCUT2D eigenvalue weighted by Crippen LogP contribution is 2.27. The van der Waals surface area contributed by atoms with Crippen LogP contribution in [0.1, 0.15) is 64.7 Å². The normalized spacial score (nSPS) is 23.9. The van der Waals surface area contributed by atoms with Crippen LogP contribution in [0.3, 0.4) is 0 Å². The van der Waals surface area contributed by atoms with Crippen LogP contribution in [0, 0.1) is 5.92 Å². The van der Waals surface area contributed by atoms with E-state index in [0.29, 0.717) is 6.10 Å². The first-order valence-corrected chi connectivity index (χ1v) is 7.47. The zero-order chi connectivity index (χ0) is 13.2. The molecule has 1 saturated carbocycles. The van der Waals surface area contributed by atoms with Crippen molar-refractivity contribution in [2.24, 2.45) is 5.92 Å². The minimum absolute atomic E-state index is 0.0481. The fraction of sp³-hybridized carbons (Fsp3) is 0.933. The average Bonchev–Trinajstić information content (AvgIpc) is 2.42. The summed E-state index contributed by atoms with van der Waals surface area (Å²) in [6.45, 7) is 3.12. The number of carbonyl (C=O) groups excluding carboxylic acids is 1. The van der Waals surface area contributed by atoms with E-state index < -0.39 is 0 Å². The van der Waals surface area contributed by atoms with Gasteiger partial charge in [0.15, 0.2) is 0 Å². The number of methoxy groups -OCH3 is 1. The highest BCUT2D eigenvalue weighted by atomic mass is 16.5. The van der Waals surface area contributed by atoms with Crippen LogP contribution >= 0.6 is 0 Å². The van der Waals surface area contributed by atoms with Crippen molar-refractivity contribution in [3.63, 3.8) is 0 Å². The van der Waals surface area contributed by atoms with Crippen LogP contribution in [0.5, 0.6) is 0 Å². The molecule has 0 aliphatic heterocycles. The highest BCUT2D eigenvalue weighted by molar-refractivity contribution is 5.72. The summed E-state index contributed by atoms with van der Waals surface area (Å²) in [5.74, 6) is 0.0624. The molecule has 3 heteroatoms. The monoisotopic (exact) mass is 256 g/mol. The van der Waals surface area contributed by atoms with E-state index in [4.69, 9.17) is 9.47 Å². The Morgan fingerprint density at radius 3 is 2.33 bits per heavy atom. The van der Waals surface area contributed by atoms with Crippen LogP contribution in [0.15, 0.2) is 0 Å². The van der Waals surface area contributed by atoms with Gasteiger partial charge in [0.25, 0.3) is 0 Å². The van der Waals surface area contributed by atoms with E-state index in [1.54, 1.807) is 0 Å². The Morgan fingerprint density at radius 2 is 1.72 bits per heavy atom. The molecule has 1 aliphatic rings.